The Labute approximate surface area is 503 Å². The molecule has 6 aromatic heterocycles. The van der Waals surface area contributed by atoms with Crippen molar-refractivity contribution in [1.29, 1.82) is 0 Å². The molecule has 3 N–H and O–H groups in total. The van der Waals surface area contributed by atoms with E-state index in [0.717, 1.165) is 54.7 Å². The van der Waals surface area contributed by atoms with Crippen molar-refractivity contribution in [3.8, 4) is 0 Å². The Hall–Kier alpha value is -7.07. The van der Waals surface area contributed by atoms with Crippen LogP contribution >= 0.6 is 62.3 Å². The number of nitrogens with one attached hydrogen (secondary N) is 1. The van der Waals surface area contributed by atoms with Crippen LogP contribution in [0.4, 0.5) is 0 Å². The van der Waals surface area contributed by atoms with E-state index in [2.05, 4.69) is 55.3 Å². The molecule has 0 saturated heterocycles. The largest absolute Gasteiger partial charge is 0.437 e. The van der Waals surface area contributed by atoms with Crippen LogP contribution in [0.15, 0.2) is 131 Å². The lowest BCUT2D eigenvalue weighted by molar-refractivity contribution is 0.299. The van der Waals surface area contributed by atoms with Gasteiger partial charge >= 0.3 is 11.5 Å². The first-order valence-corrected chi connectivity index (χ1v) is 29.1. The molecular weight excluding hydrogens is 1250 g/mol. The topological polar surface area (TPSA) is 296 Å². The molecule has 6 heterocycles. The van der Waals surface area contributed by atoms with Crippen LogP contribution < -0.4 is 22.6 Å². The number of hydrogen-bond donors (Lipinski definition) is 3. The van der Waals surface area contributed by atoms with Crippen LogP contribution in [0.3, 0.4) is 0 Å². The number of benzene rings is 4. The van der Waals surface area contributed by atoms with Crippen LogP contribution in [0.2, 0.25) is 20.1 Å². The van der Waals surface area contributed by atoms with Gasteiger partial charge in [-0.25, -0.2) is 34.6 Å². The number of H-pyrrole nitrogens is 1. The predicted molar refractivity (Wildman–Crippen MR) is 319 cm³/mol. The first-order valence-electron chi connectivity index (χ1n) is 25.0. The van der Waals surface area contributed by atoms with Gasteiger partial charge in [0.2, 0.25) is 11.8 Å². The molecular formula is C54H57BrCl4N12O11S. The van der Waals surface area contributed by atoms with E-state index in [1.807, 2.05) is 87.5 Å². The average Bonchev–Trinajstić information content (AvgIpc) is 4.04. The van der Waals surface area contributed by atoms with Crippen molar-refractivity contribution in [3.05, 3.63) is 215 Å². The van der Waals surface area contributed by atoms with E-state index in [4.69, 9.17) is 65.5 Å². The summed E-state index contributed by atoms with van der Waals surface area (Å²) >= 11 is 26.8. The van der Waals surface area contributed by atoms with Gasteiger partial charge < -0.3 is 28.2 Å². The summed E-state index contributed by atoms with van der Waals surface area (Å²) in [5.74, 6) is -0.968. The number of hydrogen-bond acceptors (Lipinski definition) is 17. The molecule has 83 heavy (non-hydrogen) atoms. The van der Waals surface area contributed by atoms with Crippen LogP contribution in [-0.2, 0) is 73.7 Å². The second-order valence-corrected chi connectivity index (χ2v) is 22.5. The molecule has 0 radical (unpaired) electrons. The standard InChI is InChI=1S/C18H17ClN6O3.C10H13ClO3S.C9H11ClO.C9H8N6O3.C8H8BrClO/c1-11-7-12(3-4-13(11)19)5-6-25-18(27)28-14(22-25)8-24-10-21-16-15(17(24)26)23(2)9-20-16;1-8-7-9(3-4-10(8)11)5-6-14-15(2,12)13;1-7-6-8(4-5-11)2-3-9(7)10;1-14-3-10-7-6(14)8(16)15(4-11-7)2-5-12-13-9(17)18-5;9-7-5-6(3-4-11)1-2-8(7)10/h3-4,7,9-10H,5-6,8H2,1-2H3;3-4,7H,5-6H2,1-2H3;2-3,6,11H,4-5H2,1H3;3-4H,2H2,1H3,(H,13,17);1-2,5,11H,3-4H2. The molecule has 0 bridgehead atoms. The summed E-state index contributed by atoms with van der Waals surface area (Å²) in [5.41, 5.74) is 8.26. The normalized spacial score (nSPS) is 11.0. The summed E-state index contributed by atoms with van der Waals surface area (Å²) < 4.78 is 43.9. The highest BCUT2D eigenvalue weighted by Crippen LogP contribution is 2.23. The van der Waals surface area contributed by atoms with Crippen molar-refractivity contribution < 1.29 is 31.6 Å². The number of halogens is 5. The van der Waals surface area contributed by atoms with E-state index >= 15 is 0 Å². The van der Waals surface area contributed by atoms with E-state index in [1.54, 1.807) is 29.3 Å². The number of nitrogens with zero attached hydrogens (tertiary/aromatic N) is 11. The maximum absolute atomic E-state index is 12.6. The fourth-order valence-electron chi connectivity index (χ4n) is 7.63. The van der Waals surface area contributed by atoms with E-state index in [0.29, 0.717) is 69.6 Å². The molecule has 0 spiro atoms. The second kappa shape index (κ2) is 30.5. The van der Waals surface area contributed by atoms with Crippen LogP contribution in [-0.4, -0.2) is 103 Å². The minimum atomic E-state index is -3.34. The van der Waals surface area contributed by atoms with Gasteiger partial charge in [-0.15, -0.1) is 10.2 Å². The molecule has 440 valence electrons. The Morgan fingerprint density at radius 3 is 1.47 bits per heavy atom. The molecule has 4 aromatic carbocycles. The van der Waals surface area contributed by atoms with Gasteiger partial charge in [0.05, 0.1) is 37.1 Å². The summed E-state index contributed by atoms with van der Waals surface area (Å²) in [6, 6.07) is 22.7. The monoisotopic (exact) mass is 1300 g/mol. The van der Waals surface area contributed by atoms with Gasteiger partial charge in [0.25, 0.3) is 21.2 Å². The predicted octanol–water partition coefficient (Wildman–Crippen LogP) is 7.37. The van der Waals surface area contributed by atoms with Gasteiger partial charge in [-0.3, -0.25) is 22.9 Å². The van der Waals surface area contributed by atoms with Crippen molar-refractivity contribution in [1.82, 2.24) is 58.2 Å². The first-order chi connectivity index (χ1) is 39.4. The van der Waals surface area contributed by atoms with Gasteiger partial charge in [0.15, 0.2) is 22.3 Å². The Bertz CT molecular complexity index is 4140. The van der Waals surface area contributed by atoms with Crippen LogP contribution in [0, 0.1) is 20.8 Å². The molecule has 0 aliphatic heterocycles. The lowest BCUT2D eigenvalue weighted by atomic mass is 10.1. The summed E-state index contributed by atoms with van der Waals surface area (Å²) in [5, 5.41) is 30.1. The number of imidazole rings is 2. The number of aliphatic hydroxyl groups excluding tert-OH is 2. The molecule has 23 nitrogen and oxygen atoms in total. The fourth-order valence-corrected chi connectivity index (χ4v) is 8.91. The molecule has 0 aliphatic rings. The third-order valence-corrected chi connectivity index (χ3v) is 15.0. The summed E-state index contributed by atoms with van der Waals surface area (Å²) in [7, 11) is 0.0855. The van der Waals surface area contributed by atoms with E-state index < -0.39 is 21.6 Å². The molecule has 0 amide bonds. The Morgan fingerprint density at radius 1 is 0.602 bits per heavy atom. The second-order valence-electron chi connectivity index (χ2n) is 18.4. The zero-order valence-electron chi connectivity index (χ0n) is 45.6. The number of rotatable bonds is 15. The lowest BCUT2D eigenvalue weighted by Gasteiger charge is -2.04. The van der Waals surface area contributed by atoms with Gasteiger partial charge in [-0.1, -0.05) is 88.9 Å². The number of fused-ring (bicyclic) bond motifs is 2. The first kappa shape index (κ1) is 65.1. The SMILES string of the molecule is Cc1cc(CCO)ccc1Cl.Cc1cc(CCOS(C)(=O)=O)ccc1Cl.Cc1cc(CCn2nc(Cn3cnc4ncn(C)c4c3=O)oc2=O)ccc1Cl.Cn1cnc2ncn(Cc3n[nH]c(=O)o3)c(=O)c21.OCCc1ccc(Cl)c(Br)c1. The number of aliphatic hydroxyl groups is 2. The molecule has 0 saturated carbocycles. The highest BCUT2D eigenvalue weighted by molar-refractivity contribution is 9.10. The zero-order chi connectivity index (χ0) is 60.5. The lowest BCUT2D eigenvalue weighted by Crippen LogP contribution is -2.22. The van der Waals surface area contributed by atoms with Crippen molar-refractivity contribution in [3.63, 3.8) is 0 Å². The van der Waals surface area contributed by atoms with Crippen LogP contribution in [0.5, 0.6) is 0 Å². The third kappa shape index (κ3) is 19.2. The van der Waals surface area contributed by atoms with Crippen molar-refractivity contribution in [2.24, 2.45) is 14.1 Å². The Balaban J connectivity index is 0.000000176. The van der Waals surface area contributed by atoms with Crippen molar-refractivity contribution >= 4 is 94.8 Å². The highest BCUT2D eigenvalue weighted by Gasteiger charge is 2.15. The number of aryl methyl sites for hydroxylation is 7. The smallest absolute Gasteiger partial charge is 0.396 e. The quantitative estimate of drug-likeness (QED) is 0.0844. The van der Waals surface area contributed by atoms with Gasteiger partial charge in [-0.2, -0.15) is 13.1 Å². The summed E-state index contributed by atoms with van der Waals surface area (Å²) in [4.78, 5) is 63.8. The minimum absolute atomic E-state index is 0.00917. The van der Waals surface area contributed by atoms with Gasteiger partial charge in [-0.05, 0) is 132 Å². The molecule has 0 aliphatic carbocycles. The molecule has 0 atom stereocenters. The van der Waals surface area contributed by atoms with E-state index in [9.17, 15) is 27.6 Å². The highest BCUT2D eigenvalue weighted by atomic mass is 79.9. The zero-order valence-corrected chi connectivity index (χ0v) is 51.0. The maximum atomic E-state index is 12.6. The maximum Gasteiger partial charge on any atom is 0.437 e. The van der Waals surface area contributed by atoms with Crippen molar-refractivity contribution in [2.75, 3.05) is 26.1 Å². The fraction of sp³-hybridized carbons (Fsp3) is 0.296. The molecule has 10 rings (SSSR count). The summed E-state index contributed by atoms with van der Waals surface area (Å²) in [6.07, 6.45) is 9.33. The minimum Gasteiger partial charge on any atom is -0.396 e. The van der Waals surface area contributed by atoms with Crippen LogP contribution in [0.1, 0.15) is 50.7 Å². The average molecular weight is 1300 g/mol. The number of aromatic nitrogens is 12. The van der Waals surface area contributed by atoms with Gasteiger partial charge in [0, 0.05) is 46.8 Å². The van der Waals surface area contributed by atoms with E-state index in [1.165, 1.54) is 39.1 Å². The molecule has 0 unspecified atom stereocenters. The van der Waals surface area contributed by atoms with Crippen LogP contribution in [0.25, 0.3) is 22.3 Å². The third-order valence-electron chi connectivity index (χ3n) is 11.9. The molecule has 29 heteroatoms. The van der Waals surface area contributed by atoms with Crippen molar-refractivity contribution in [2.45, 2.75) is 66.1 Å². The Morgan fingerprint density at radius 2 is 1.04 bits per heavy atom. The molecule has 10 aromatic rings. The van der Waals surface area contributed by atoms with E-state index in [-0.39, 0.29) is 55.8 Å². The van der Waals surface area contributed by atoms with Gasteiger partial charge in [0.1, 0.15) is 25.7 Å². The Kier molecular flexibility index (Phi) is 23.9. The number of aromatic amines is 1. The molecule has 0 fully saturated rings. The summed E-state index contributed by atoms with van der Waals surface area (Å²) in [6.45, 7) is 6.73.